The van der Waals surface area contributed by atoms with Crippen molar-refractivity contribution in [2.75, 3.05) is 33.2 Å². The van der Waals surface area contributed by atoms with Gasteiger partial charge in [-0.3, -0.25) is 0 Å². The van der Waals surface area contributed by atoms with Crippen LogP contribution in [0.3, 0.4) is 0 Å². The van der Waals surface area contributed by atoms with Gasteiger partial charge in [-0.25, -0.2) is 4.98 Å². The molecule has 2 aromatic heterocycles. The summed E-state index contributed by atoms with van der Waals surface area (Å²) in [6.45, 7) is 0.726. The number of ether oxygens (including phenoxy) is 3. The van der Waals surface area contributed by atoms with Crippen LogP contribution in [0.5, 0.6) is 17.2 Å². The molecule has 0 bridgehead atoms. The molecule has 0 aliphatic rings. The molecule has 0 amide bonds. The molecule has 2 aromatic carbocycles. The van der Waals surface area contributed by atoms with E-state index in [2.05, 4.69) is 20.4 Å². The molecule has 1 N–H and O–H groups in total. The number of nitrogens with zero attached hydrogens (tertiary/aromatic N) is 3. The molecule has 0 saturated carbocycles. The first-order valence-corrected chi connectivity index (χ1v) is 10.1. The maximum atomic E-state index is 5.41. The van der Waals surface area contributed by atoms with Crippen molar-refractivity contribution in [1.82, 2.24) is 15.1 Å². The largest absolute Gasteiger partial charge is 0.497 e. The molecule has 0 fully saturated rings. The van der Waals surface area contributed by atoms with Crippen LogP contribution in [0.1, 0.15) is 5.56 Å². The SMILES string of the molecule is COc1ccc(-c2noc(-c3ccc(NCCc4ccc(OC)c(OC)c4)nc3)n2)cc1. The maximum Gasteiger partial charge on any atom is 0.259 e. The number of aromatic nitrogens is 3. The van der Waals surface area contributed by atoms with Gasteiger partial charge in [0.1, 0.15) is 11.6 Å². The first-order valence-electron chi connectivity index (χ1n) is 10.1. The molecular formula is C24H24N4O4. The summed E-state index contributed by atoms with van der Waals surface area (Å²) in [5, 5.41) is 7.38. The lowest BCUT2D eigenvalue weighted by atomic mass is 10.1. The molecule has 0 unspecified atom stereocenters. The highest BCUT2D eigenvalue weighted by Crippen LogP contribution is 2.28. The van der Waals surface area contributed by atoms with Crippen LogP contribution >= 0.6 is 0 Å². The molecule has 8 nitrogen and oxygen atoms in total. The van der Waals surface area contributed by atoms with Crippen molar-refractivity contribution in [2.45, 2.75) is 6.42 Å². The van der Waals surface area contributed by atoms with E-state index in [0.717, 1.165) is 52.7 Å². The molecule has 0 spiro atoms. The Labute approximate surface area is 186 Å². The van der Waals surface area contributed by atoms with E-state index >= 15 is 0 Å². The summed E-state index contributed by atoms with van der Waals surface area (Å²) in [6, 6.07) is 17.2. The van der Waals surface area contributed by atoms with Crippen LogP contribution < -0.4 is 19.5 Å². The Morgan fingerprint density at radius 2 is 1.62 bits per heavy atom. The Bertz CT molecular complexity index is 1160. The summed E-state index contributed by atoms with van der Waals surface area (Å²) in [6.07, 6.45) is 2.53. The number of hydrogen-bond donors (Lipinski definition) is 1. The lowest BCUT2D eigenvalue weighted by Gasteiger charge is -2.10. The highest BCUT2D eigenvalue weighted by Gasteiger charge is 2.11. The minimum Gasteiger partial charge on any atom is -0.497 e. The molecule has 4 rings (SSSR count). The van der Waals surface area contributed by atoms with E-state index < -0.39 is 0 Å². The van der Waals surface area contributed by atoms with Gasteiger partial charge in [-0.15, -0.1) is 0 Å². The van der Waals surface area contributed by atoms with Crippen molar-refractivity contribution in [3.8, 4) is 40.1 Å². The van der Waals surface area contributed by atoms with E-state index in [1.54, 1.807) is 27.5 Å². The van der Waals surface area contributed by atoms with Crippen molar-refractivity contribution in [3.63, 3.8) is 0 Å². The topological polar surface area (TPSA) is 91.5 Å². The van der Waals surface area contributed by atoms with Crippen LogP contribution in [-0.2, 0) is 6.42 Å². The number of anilines is 1. The second kappa shape index (κ2) is 9.82. The molecule has 2 heterocycles. The van der Waals surface area contributed by atoms with E-state index in [-0.39, 0.29) is 0 Å². The number of pyridine rings is 1. The summed E-state index contributed by atoms with van der Waals surface area (Å²) in [5.41, 5.74) is 2.74. The van der Waals surface area contributed by atoms with Crippen molar-refractivity contribution in [3.05, 3.63) is 66.4 Å². The summed E-state index contributed by atoms with van der Waals surface area (Å²) >= 11 is 0. The van der Waals surface area contributed by atoms with Crippen molar-refractivity contribution < 1.29 is 18.7 Å². The Kier molecular flexibility index (Phi) is 6.50. The smallest absolute Gasteiger partial charge is 0.259 e. The van der Waals surface area contributed by atoms with E-state index in [0.29, 0.717) is 11.7 Å². The molecule has 0 saturated heterocycles. The third-order valence-electron chi connectivity index (χ3n) is 4.95. The minimum absolute atomic E-state index is 0.417. The maximum absolute atomic E-state index is 5.41. The predicted octanol–water partition coefficient (Wildman–Crippen LogP) is 4.48. The van der Waals surface area contributed by atoms with Crippen LogP contribution in [-0.4, -0.2) is 43.0 Å². The quantitative estimate of drug-likeness (QED) is 0.414. The van der Waals surface area contributed by atoms with Gasteiger partial charge in [0.15, 0.2) is 11.5 Å². The fraction of sp³-hybridized carbons (Fsp3) is 0.208. The molecule has 0 aliphatic heterocycles. The van der Waals surface area contributed by atoms with Crippen LogP contribution in [0, 0.1) is 0 Å². The lowest BCUT2D eigenvalue weighted by Crippen LogP contribution is -2.06. The van der Waals surface area contributed by atoms with Gasteiger partial charge in [-0.1, -0.05) is 11.2 Å². The molecular weight excluding hydrogens is 408 g/mol. The third-order valence-corrected chi connectivity index (χ3v) is 4.95. The van der Waals surface area contributed by atoms with Gasteiger partial charge in [0.25, 0.3) is 5.89 Å². The average Bonchev–Trinajstić information content (AvgIpc) is 3.35. The first kappa shape index (κ1) is 21.2. The van der Waals surface area contributed by atoms with Gasteiger partial charge < -0.3 is 24.1 Å². The fourth-order valence-electron chi connectivity index (χ4n) is 3.19. The molecule has 0 radical (unpaired) electrons. The van der Waals surface area contributed by atoms with Gasteiger partial charge in [0, 0.05) is 18.3 Å². The zero-order chi connectivity index (χ0) is 22.3. The normalized spacial score (nSPS) is 10.6. The van der Waals surface area contributed by atoms with Gasteiger partial charge >= 0.3 is 0 Å². The van der Waals surface area contributed by atoms with E-state index in [1.165, 1.54) is 0 Å². The first-order chi connectivity index (χ1) is 15.7. The van der Waals surface area contributed by atoms with Crippen LogP contribution in [0.25, 0.3) is 22.8 Å². The Morgan fingerprint density at radius 1 is 0.844 bits per heavy atom. The number of benzene rings is 2. The lowest BCUT2D eigenvalue weighted by molar-refractivity contribution is 0.354. The number of methoxy groups -OCH3 is 3. The molecule has 8 heteroatoms. The second-order valence-corrected chi connectivity index (χ2v) is 6.95. The summed E-state index contributed by atoms with van der Waals surface area (Å²) in [5.74, 6) is 3.92. The minimum atomic E-state index is 0.417. The van der Waals surface area contributed by atoms with Gasteiger partial charge in [0.2, 0.25) is 5.82 Å². The molecule has 164 valence electrons. The molecule has 4 aromatic rings. The van der Waals surface area contributed by atoms with Crippen molar-refractivity contribution >= 4 is 5.82 Å². The third kappa shape index (κ3) is 4.80. The molecule has 0 atom stereocenters. The second-order valence-electron chi connectivity index (χ2n) is 6.95. The van der Waals surface area contributed by atoms with Gasteiger partial charge in [0.05, 0.1) is 26.9 Å². The van der Waals surface area contributed by atoms with Crippen LogP contribution in [0.2, 0.25) is 0 Å². The van der Waals surface area contributed by atoms with E-state index in [1.807, 2.05) is 54.6 Å². The molecule has 0 aliphatic carbocycles. The summed E-state index contributed by atoms with van der Waals surface area (Å²) in [4.78, 5) is 8.92. The number of nitrogens with one attached hydrogen (secondary N) is 1. The fourth-order valence-corrected chi connectivity index (χ4v) is 3.19. The highest BCUT2D eigenvalue weighted by atomic mass is 16.5. The zero-order valence-electron chi connectivity index (χ0n) is 18.2. The predicted molar refractivity (Wildman–Crippen MR) is 121 cm³/mol. The van der Waals surface area contributed by atoms with Crippen molar-refractivity contribution in [1.29, 1.82) is 0 Å². The Balaban J connectivity index is 1.36. The Morgan fingerprint density at radius 3 is 2.31 bits per heavy atom. The van der Waals surface area contributed by atoms with Crippen molar-refractivity contribution in [2.24, 2.45) is 0 Å². The highest BCUT2D eigenvalue weighted by molar-refractivity contribution is 5.60. The standard InChI is InChI=1S/C24H24N4O4/c1-29-19-8-5-17(6-9-19)23-27-24(32-28-23)18-7-11-22(26-15-18)25-13-12-16-4-10-20(30-2)21(14-16)31-3/h4-11,14-15H,12-13H2,1-3H3,(H,25,26). The summed E-state index contributed by atoms with van der Waals surface area (Å²) < 4.78 is 21.2. The number of hydrogen-bond acceptors (Lipinski definition) is 8. The summed E-state index contributed by atoms with van der Waals surface area (Å²) in [7, 11) is 4.89. The van der Waals surface area contributed by atoms with Crippen LogP contribution in [0.15, 0.2) is 65.3 Å². The van der Waals surface area contributed by atoms with E-state index in [9.17, 15) is 0 Å². The van der Waals surface area contributed by atoms with Gasteiger partial charge in [-0.05, 0) is 60.5 Å². The molecule has 32 heavy (non-hydrogen) atoms. The van der Waals surface area contributed by atoms with E-state index in [4.69, 9.17) is 18.7 Å². The monoisotopic (exact) mass is 432 g/mol. The Hall–Kier alpha value is -4.07. The van der Waals surface area contributed by atoms with Crippen LogP contribution in [0.4, 0.5) is 5.82 Å². The zero-order valence-corrected chi connectivity index (χ0v) is 18.2. The van der Waals surface area contributed by atoms with Gasteiger partial charge in [-0.2, -0.15) is 4.98 Å². The average molecular weight is 432 g/mol. The number of rotatable bonds is 9.